The summed E-state index contributed by atoms with van der Waals surface area (Å²) in [6, 6.07) is 0. The molecule has 216 valence electrons. The quantitative estimate of drug-likeness (QED) is 0.233. The maximum Gasteiger partial charge on any atom is 0.412 e. The van der Waals surface area contributed by atoms with E-state index in [9.17, 15) is 33.0 Å². The van der Waals surface area contributed by atoms with Gasteiger partial charge in [-0.2, -0.15) is 13.2 Å². The minimum atomic E-state index is -4.62. The molecular weight excluding hydrogens is 519 g/mol. The third-order valence-electron chi connectivity index (χ3n) is 6.66. The third-order valence-corrected chi connectivity index (χ3v) is 7.62. The van der Waals surface area contributed by atoms with Gasteiger partial charge in [0.25, 0.3) is 0 Å². The van der Waals surface area contributed by atoms with Gasteiger partial charge in [-0.05, 0) is 30.4 Å². The van der Waals surface area contributed by atoms with Crippen LogP contribution in [0.4, 0.5) is 13.2 Å². The van der Waals surface area contributed by atoms with Crippen molar-refractivity contribution in [2.24, 2.45) is 23.0 Å². The lowest BCUT2D eigenvalue weighted by atomic mass is 9.73. The Balaban J connectivity index is 3.51. The molecule has 4 N–H and O–H groups in total. The van der Waals surface area contributed by atoms with Crippen molar-refractivity contribution in [1.82, 2.24) is 0 Å². The molecule has 0 spiro atoms. The van der Waals surface area contributed by atoms with Crippen molar-refractivity contribution in [3.8, 4) is 0 Å². The Morgan fingerprint density at radius 2 is 1.84 bits per heavy atom. The zero-order valence-electron chi connectivity index (χ0n) is 23.2. The third kappa shape index (κ3) is 10.3. The molecule has 0 amide bonds. The minimum absolute atomic E-state index is 0.269. The van der Waals surface area contributed by atoms with Crippen molar-refractivity contribution in [2.75, 3.05) is 0 Å². The summed E-state index contributed by atoms with van der Waals surface area (Å²) < 4.78 is 46.8. The summed E-state index contributed by atoms with van der Waals surface area (Å²) in [6.07, 6.45) is -4.30. The normalized spacial score (nSPS) is 31.5. The predicted molar refractivity (Wildman–Crippen MR) is 145 cm³/mol. The molecule has 1 rings (SSSR count). The number of aliphatic hydroxyl groups is 2. The van der Waals surface area contributed by atoms with Gasteiger partial charge in [0.2, 0.25) is 0 Å². The number of cyclic esters (lactones) is 1. The van der Waals surface area contributed by atoms with E-state index in [1.807, 2.05) is 13.8 Å². The number of aliphatic hydroxyl groups excluding tert-OH is 2. The lowest BCUT2D eigenvalue weighted by Gasteiger charge is -2.34. The van der Waals surface area contributed by atoms with E-state index in [1.165, 1.54) is 44.7 Å². The van der Waals surface area contributed by atoms with Crippen LogP contribution >= 0.6 is 11.8 Å². The van der Waals surface area contributed by atoms with E-state index in [0.717, 1.165) is 6.08 Å². The number of rotatable bonds is 4. The molecule has 1 aliphatic heterocycles. The number of hydrogen-bond donors (Lipinski definition) is 3. The molecular formula is C28H42F3NO5S. The number of alkyl halides is 3. The number of ether oxygens (including phenoxy) is 1. The molecule has 0 bridgehead atoms. The van der Waals surface area contributed by atoms with Crippen LogP contribution in [-0.4, -0.2) is 51.7 Å². The lowest BCUT2D eigenvalue weighted by molar-refractivity contribution is -0.154. The number of esters is 1. The van der Waals surface area contributed by atoms with Crippen LogP contribution in [0.3, 0.4) is 0 Å². The Morgan fingerprint density at radius 3 is 2.39 bits per heavy atom. The second-order valence-corrected chi connectivity index (χ2v) is 12.2. The van der Waals surface area contributed by atoms with Crippen molar-refractivity contribution < 1.29 is 37.7 Å². The second-order valence-electron chi connectivity index (χ2n) is 10.7. The summed E-state index contributed by atoms with van der Waals surface area (Å²) >= 11 is 1.47. The molecule has 0 aromatic rings. The van der Waals surface area contributed by atoms with Crippen molar-refractivity contribution >= 4 is 23.5 Å². The number of nitrogens with two attached hydrogens (primary N) is 1. The Morgan fingerprint density at radius 1 is 1.24 bits per heavy atom. The number of carbonyl (C=O) groups excluding carboxylic acids is 2. The SMILES string of the molecule is C/C(=C\C(N)=C\SC(C)C)[C@@H]1C/C=C(/C(F)(F)F)C/C=C/[C@H](C)[C@H](O)[C@@H](C)C(=O)C(C)(C)[C@@H](O)CC(=O)O1. The number of carbonyl (C=O) groups is 2. The maximum absolute atomic E-state index is 13.8. The van der Waals surface area contributed by atoms with Crippen LogP contribution in [0.5, 0.6) is 0 Å². The van der Waals surface area contributed by atoms with Gasteiger partial charge in [0, 0.05) is 34.8 Å². The van der Waals surface area contributed by atoms with E-state index in [2.05, 4.69) is 0 Å². The molecule has 1 heterocycles. The highest BCUT2D eigenvalue weighted by Crippen LogP contribution is 2.33. The number of allylic oxidation sites excluding steroid dienone is 3. The van der Waals surface area contributed by atoms with E-state index < -0.39 is 71.9 Å². The lowest BCUT2D eigenvalue weighted by Crippen LogP contribution is -2.45. The van der Waals surface area contributed by atoms with Crippen LogP contribution in [0.2, 0.25) is 0 Å². The van der Waals surface area contributed by atoms with Gasteiger partial charge in [-0.15, -0.1) is 11.8 Å². The molecule has 0 aromatic carbocycles. The average Bonchev–Trinajstić information content (AvgIpc) is 2.80. The monoisotopic (exact) mass is 561 g/mol. The summed E-state index contributed by atoms with van der Waals surface area (Å²) in [4.78, 5) is 25.9. The van der Waals surface area contributed by atoms with Crippen molar-refractivity contribution in [3.05, 3.63) is 46.6 Å². The van der Waals surface area contributed by atoms with Crippen LogP contribution in [0.1, 0.15) is 67.7 Å². The molecule has 0 aliphatic carbocycles. The van der Waals surface area contributed by atoms with Gasteiger partial charge >= 0.3 is 12.1 Å². The van der Waals surface area contributed by atoms with Crippen LogP contribution in [0, 0.1) is 17.3 Å². The number of ketones is 1. The fraction of sp³-hybridized carbons (Fsp3) is 0.643. The molecule has 0 radical (unpaired) electrons. The minimum Gasteiger partial charge on any atom is -0.457 e. The number of halogens is 3. The summed E-state index contributed by atoms with van der Waals surface area (Å²) in [7, 11) is 0. The molecule has 0 fully saturated rings. The molecule has 0 saturated carbocycles. The van der Waals surface area contributed by atoms with Crippen molar-refractivity contribution in [2.45, 2.75) is 97.5 Å². The number of thioether (sulfide) groups is 1. The number of Topliss-reactive ketones (excluding diaryl/α,β-unsaturated/α-hetero) is 1. The number of hydrogen-bond acceptors (Lipinski definition) is 7. The summed E-state index contributed by atoms with van der Waals surface area (Å²) in [5.41, 5.74) is 4.61. The van der Waals surface area contributed by atoms with Gasteiger partial charge in [0.05, 0.1) is 24.0 Å². The predicted octanol–water partition coefficient (Wildman–Crippen LogP) is 5.60. The van der Waals surface area contributed by atoms with Gasteiger partial charge in [-0.25, -0.2) is 0 Å². The first-order valence-electron chi connectivity index (χ1n) is 12.7. The first-order chi connectivity index (χ1) is 17.4. The van der Waals surface area contributed by atoms with Crippen molar-refractivity contribution in [1.29, 1.82) is 0 Å². The van der Waals surface area contributed by atoms with Crippen LogP contribution in [-0.2, 0) is 14.3 Å². The zero-order valence-corrected chi connectivity index (χ0v) is 24.0. The molecule has 0 saturated heterocycles. The van der Waals surface area contributed by atoms with Gasteiger partial charge < -0.3 is 20.7 Å². The Hall–Kier alpha value is -2.04. The summed E-state index contributed by atoms with van der Waals surface area (Å²) in [5, 5.41) is 23.4. The Labute approximate surface area is 228 Å². The smallest absolute Gasteiger partial charge is 0.412 e. The average molecular weight is 562 g/mol. The highest BCUT2D eigenvalue weighted by atomic mass is 32.2. The molecule has 5 atom stereocenters. The molecule has 0 unspecified atom stereocenters. The van der Waals surface area contributed by atoms with E-state index in [0.29, 0.717) is 11.3 Å². The molecule has 38 heavy (non-hydrogen) atoms. The maximum atomic E-state index is 13.8. The largest absolute Gasteiger partial charge is 0.457 e. The molecule has 6 nitrogen and oxygen atoms in total. The topological polar surface area (TPSA) is 110 Å². The summed E-state index contributed by atoms with van der Waals surface area (Å²) in [6.45, 7) is 11.6. The van der Waals surface area contributed by atoms with E-state index >= 15 is 0 Å². The van der Waals surface area contributed by atoms with Crippen LogP contribution < -0.4 is 5.73 Å². The van der Waals surface area contributed by atoms with Crippen molar-refractivity contribution in [3.63, 3.8) is 0 Å². The van der Waals surface area contributed by atoms with Crippen LogP contribution in [0.15, 0.2) is 46.6 Å². The zero-order chi connectivity index (χ0) is 29.4. The van der Waals surface area contributed by atoms with E-state index in [4.69, 9.17) is 10.5 Å². The standard InChI is InChI=1S/C28H42F3NO5S/c1-16(2)38-15-21(32)13-18(4)22-12-11-20(28(29,30)31)10-8-9-17(3)25(35)19(5)26(36)27(6,7)23(33)14-24(34)37-22/h8-9,11,13,15-17,19,22-23,25,33,35H,10,12,14,32H2,1-7H3/b9-8+,18-13+,20-11+,21-15-/t17-,19+,22-,23-,25-/m0/s1. The second kappa shape index (κ2) is 14.4. The fourth-order valence-corrected chi connectivity index (χ4v) is 4.50. The molecule has 1 aliphatic rings. The Kier molecular flexibility index (Phi) is 12.9. The highest BCUT2D eigenvalue weighted by Gasteiger charge is 2.42. The van der Waals surface area contributed by atoms with E-state index in [-0.39, 0.29) is 11.7 Å². The highest BCUT2D eigenvalue weighted by molar-refractivity contribution is 8.02. The first-order valence-corrected chi connectivity index (χ1v) is 13.6. The molecule has 10 heteroatoms. The van der Waals surface area contributed by atoms with Gasteiger partial charge in [-0.3, -0.25) is 9.59 Å². The first kappa shape index (κ1) is 34.0. The molecule has 0 aromatic heterocycles. The van der Waals surface area contributed by atoms with Gasteiger partial charge in [0.15, 0.2) is 0 Å². The van der Waals surface area contributed by atoms with Gasteiger partial charge in [0.1, 0.15) is 11.9 Å². The summed E-state index contributed by atoms with van der Waals surface area (Å²) in [5.74, 6) is -2.89. The fourth-order valence-electron chi connectivity index (χ4n) is 4.00. The van der Waals surface area contributed by atoms with Gasteiger partial charge in [-0.1, -0.05) is 59.8 Å². The van der Waals surface area contributed by atoms with E-state index in [1.54, 1.807) is 25.3 Å². The Bertz CT molecular complexity index is 953. The van der Waals surface area contributed by atoms with Crippen LogP contribution in [0.25, 0.3) is 0 Å².